The first-order chi connectivity index (χ1) is 10.3. The number of amides is 1. The van der Waals surface area contributed by atoms with Crippen LogP contribution in [-0.4, -0.2) is 14.3 Å². The van der Waals surface area contributed by atoms with Gasteiger partial charge >= 0.3 is 0 Å². The zero-order valence-corrected chi connectivity index (χ0v) is 12.6. The Balaban J connectivity index is 1.92. The lowest BCUT2D eigenvalue weighted by Gasteiger charge is -2.09. The Morgan fingerprint density at radius 2 is 1.95 bits per heavy atom. The van der Waals surface area contributed by atoms with E-state index < -0.39 is 15.8 Å². The average molecular weight is 341 g/mol. The van der Waals surface area contributed by atoms with E-state index in [0.717, 1.165) is 6.07 Å². The Morgan fingerprint density at radius 1 is 1.18 bits per heavy atom. The van der Waals surface area contributed by atoms with Gasteiger partial charge in [-0.3, -0.25) is 9.52 Å². The summed E-state index contributed by atoms with van der Waals surface area (Å²) < 4.78 is 40.1. The maximum Gasteiger partial charge on any atom is 0.261 e. The third kappa shape index (κ3) is 2.77. The van der Waals surface area contributed by atoms with Crippen LogP contribution in [0.25, 0.3) is 0 Å². The minimum atomic E-state index is -3.85. The summed E-state index contributed by atoms with van der Waals surface area (Å²) in [6, 6.07) is 7.89. The summed E-state index contributed by atoms with van der Waals surface area (Å²) in [5, 5.41) is 2.45. The minimum Gasteiger partial charge on any atom is -0.326 e. The zero-order valence-electron chi connectivity index (χ0n) is 11.1. The van der Waals surface area contributed by atoms with Crippen LogP contribution in [0.4, 0.5) is 15.8 Å². The maximum atomic E-state index is 13.1. The highest BCUT2D eigenvalue weighted by molar-refractivity contribution is 7.92. The molecule has 2 aromatic carbocycles. The molecule has 0 bridgehead atoms. The number of carbonyl (C=O) groups excluding carboxylic acids is 1. The second-order valence-corrected chi connectivity index (χ2v) is 6.87. The number of nitrogens with one attached hydrogen (secondary N) is 2. The summed E-state index contributed by atoms with van der Waals surface area (Å²) in [6.07, 6.45) is 0.140. The van der Waals surface area contributed by atoms with Gasteiger partial charge < -0.3 is 5.32 Å². The summed E-state index contributed by atoms with van der Waals surface area (Å²) in [7, 11) is -3.85. The third-order valence-corrected chi connectivity index (χ3v) is 4.85. The van der Waals surface area contributed by atoms with E-state index in [1.165, 1.54) is 30.3 Å². The van der Waals surface area contributed by atoms with E-state index in [-0.39, 0.29) is 27.9 Å². The highest BCUT2D eigenvalue weighted by atomic mass is 35.5. The van der Waals surface area contributed by atoms with E-state index in [1.807, 2.05) is 0 Å². The van der Waals surface area contributed by atoms with E-state index >= 15 is 0 Å². The number of hydrogen-bond acceptors (Lipinski definition) is 3. The molecule has 1 aliphatic rings. The Morgan fingerprint density at radius 3 is 2.68 bits per heavy atom. The minimum absolute atomic E-state index is 0.0168. The van der Waals surface area contributed by atoms with Crippen molar-refractivity contribution in [3.63, 3.8) is 0 Å². The van der Waals surface area contributed by atoms with Crippen LogP contribution in [0.3, 0.4) is 0 Å². The van der Waals surface area contributed by atoms with Crippen molar-refractivity contribution in [1.29, 1.82) is 0 Å². The molecule has 0 saturated carbocycles. The van der Waals surface area contributed by atoms with Crippen LogP contribution in [0, 0.1) is 5.82 Å². The molecule has 114 valence electrons. The van der Waals surface area contributed by atoms with Crippen LogP contribution >= 0.6 is 11.6 Å². The molecule has 0 spiro atoms. The van der Waals surface area contributed by atoms with Crippen molar-refractivity contribution in [2.75, 3.05) is 10.0 Å². The van der Waals surface area contributed by atoms with E-state index in [2.05, 4.69) is 10.0 Å². The van der Waals surface area contributed by atoms with Crippen molar-refractivity contribution in [2.24, 2.45) is 0 Å². The van der Waals surface area contributed by atoms with Crippen LogP contribution in [0.1, 0.15) is 5.56 Å². The molecule has 5 nitrogen and oxygen atoms in total. The third-order valence-electron chi connectivity index (χ3n) is 3.18. The van der Waals surface area contributed by atoms with Gasteiger partial charge in [-0.15, -0.1) is 0 Å². The number of sulfonamides is 1. The van der Waals surface area contributed by atoms with Crippen molar-refractivity contribution in [3.8, 4) is 0 Å². The van der Waals surface area contributed by atoms with Gasteiger partial charge in [-0.2, -0.15) is 0 Å². The van der Waals surface area contributed by atoms with Crippen molar-refractivity contribution in [3.05, 3.63) is 52.8 Å². The smallest absolute Gasteiger partial charge is 0.261 e. The molecule has 1 amide bonds. The number of hydrogen-bond donors (Lipinski definition) is 2. The second-order valence-electron chi connectivity index (χ2n) is 4.78. The molecule has 0 radical (unpaired) electrons. The number of halogens is 2. The molecular formula is C14H10ClFN2O3S. The van der Waals surface area contributed by atoms with E-state index in [9.17, 15) is 17.6 Å². The first-order valence-electron chi connectivity index (χ1n) is 6.26. The molecule has 1 aliphatic heterocycles. The number of fused-ring (bicyclic) bond motifs is 1. The van der Waals surface area contributed by atoms with Crippen LogP contribution in [0.5, 0.6) is 0 Å². The monoisotopic (exact) mass is 340 g/mol. The molecule has 0 unspecified atom stereocenters. The summed E-state index contributed by atoms with van der Waals surface area (Å²) in [5.41, 5.74) is 1.37. The SMILES string of the molecule is O=C1Cc2cc(S(=O)(=O)Nc3ccc(F)c(Cl)c3)ccc2N1. The highest BCUT2D eigenvalue weighted by Crippen LogP contribution is 2.27. The average Bonchev–Trinajstić information content (AvgIpc) is 2.81. The standard InChI is InChI=1S/C14H10ClFN2O3S/c15-11-7-9(1-3-12(11)16)18-22(20,21)10-2-4-13-8(5-10)6-14(19)17-13/h1-5,7,18H,6H2,(H,17,19). The molecule has 0 fully saturated rings. The summed E-state index contributed by atoms with van der Waals surface area (Å²) >= 11 is 5.63. The lowest BCUT2D eigenvalue weighted by atomic mass is 10.2. The summed E-state index contributed by atoms with van der Waals surface area (Å²) in [6.45, 7) is 0. The van der Waals surface area contributed by atoms with Gasteiger partial charge in [-0.1, -0.05) is 11.6 Å². The van der Waals surface area contributed by atoms with Crippen LogP contribution in [0.15, 0.2) is 41.3 Å². The topological polar surface area (TPSA) is 75.3 Å². The number of rotatable bonds is 3. The zero-order chi connectivity index (χ0) is 15.9. The van der Waals surface area contributed by atoms with Gasteiger partial charge in [0.2, 0.25) is 5.91 Å². The van der Waals surface area contributed by atoms with E-state index in [1.54, 1.807) is 0 Å². The predicted octanol–water partition coefficient (Wildman–Crippen LogP) is 2.77. The van der Waals surface area contributed by atoms with Gasteiger partial charge in [-0.25, -0.2) is 12.8 Å². The molecule has 22 heavy (non-hydrogen) atoms. The van der Waals surface area contributed by atoms with E-state index in [0.29, 0.717) is 11.3 Å². The fraction of sp³-hybridized carbons (Fsp3) is 0.0714. The molecular weight excluding hydrogens is 331 g/mol. The largest absolute Gasteiger partial charge is 0.326 e. The summed E-state index contributed by atoms with van der Waals surface area (Å²) in [4.78, 5) is 11.3. The first kappa shape index (κ1) is 14.8. The number of anilines is 2. The predicted molar refractivity (Wildman–Crippen MR) is 81.0 cm³/mol. The number of carbonyl (C=O) groups is 1. The molecule has 2 N–H and O–H groups in total. The molecule has 0 saturated heterocycles. The number of benzene rings is 2. The molecule has 2 aromatic rings. The Hall–Kier alpha value is -2.12. The van der Waals surface area contributed by atoms with Gasteiger partial charge in [0.25, 0.3) is 10.0 Å². The van der Waals surface area contributed by atoms with Crippen molar-refractivity contribution < 1.29 is 17.6 Å². The van der Waals surface area contributed by atoms with Gasteiger partial charge in [0.15, 0.2) is 0 Å². The van der Waals surface area contributed by atoms with E-state index in [4.69, 9.17) is 11.6 Å². The fourth-order valence-corrected chi connectivity index (χ4v) is 3.43. The Bertz CT molecular complexity index is 884. The molecule has 0 aromatic heterocycles. The normalized spacial score (nSPS) is 13.6. The van der Waals surface area contributed by atoms with Gasteiger partial charge in [-0.05, 0) is 42.0 Å². The quantitative estimate of drug-likeness (QED) is 0.902. The van der Waals surface area contributed by atoms with Gasteiger partial charge in [0.1, 0.15) is 5.82 Å². The van der Waals surface area contributed by atoms with Crippen molar-refractivity contribution in [2.45, 2.75) is 11.3 Å². The van der Waals surface area contributed by atoms with Gasteiger partial charge in [0.05, 0.1) is 22.0 Å². The van der Waals surface area contributed by atoms with Gasteiger partial charge in [0, 0.05) is 5.69 Å². The van der Waals surface area contributed by atoms with Crippen LogP contribution < -0.4 is 10.0 Å². The molecule has 0 atom stereocenters. The Labute approximate surface area is 131 Å². The van der Waals surface area contributed by atoms with Crippen LogP contribution in [-0.2, 0) is 21.2 Å². The molecule has 1 heterocycles. The van der Waals surface area contributed by atoms with Crippen molar-refractivity contribution in [1.82, 2.24) is 0 Å². The lowest BCUT2D eigenvalue weighted by molar-refractivity contribution is -0.115. The molecule has 8 heteroatoms. The maximum absolute atomic E-state index is 13.1. The molecule has 0 aliphatic carbocycles. The Kier molecular flexibility index (Phi) is 3.54. The van der Waals surface area contributed by atoms with Crippen LogP contribution in [0.2, 0.25) is 5.02 Å². The molecule has 3 rings (SSSR count). The second kappa shape index (κ2) is 5.26. The highest BCUT2D eigenvalue weighted by Gasteiger charge is 2.22. The van der Waals surface area contributed by atoms with Crippen molar-refractivity contribution >= 4 is 38.9 Å². The summed E-state index contributed by atoms with van der Waals surface area (Å²) in [5.74, 6) is -0.811. The lowest BCUT2D eigenvalue weighted by Crippen LogP contribution is -2.13. The first-order valence-corrected chi connectivity index (χ1v) is 8.12. The fourth-order valence-electron chi connectivity index (χ4n) is 2.15.